The van der Waals surface area contributed by atoms with Crippen LogP contribution in [0.4, 0.5) is 5.69 Å². The highest BCUT2D eigenvalue weighted by molar-refractivity contribution is 9.10. The van der Waals surface area contributed by atoms with E-state index in [1.54, 1.807) is 29.9 Å². The van der Waals surface area contributed by atoms with E-state index in [-0.39, 0.29) is 6.54 Å². The maximum absolute atomic E-state index is 12.1. The molecule has 7 heteroatoms. The summed E-state index contributed by atoms with van der Waals surface area (Å²) in [6.45, 7) is 0.219. The Morgan fingerprint density at radius 3 is 2.79 bits per heavy atom. The Hall–Kier alpha value is -2.02. The number of fused-ring (bicyclic) bond motifs is 1. The number of nitrogens with zero attached hydrogens (tertiary/aromatic N) is 4. The van der Waals surface area contributed by atoms with Crippen molar-refractivity contribution < 1.29 is 9.59 Å². The van der Waals surface area contributed by atoms with Crippen LogP contribution in [0.3, 0.4) is 0 Å². The first-order valence-electron chi connectivity index (χ1n) is 5.57. The fraction of sp³-hybridized carbons (Fsp3) is 0.167. The number of hydrogen-bond acceptors (Lipinski definition) is 4. The summed E-state index contributed by atoms with van der Waals surface area (Å²) >= 11 is 3.38. The maximum atomic E-state index is 12.1. The first-order valence-corrected chi connectivity index (χ1v) is 6.36. The van der Waals surface area contributed by atoms with Gasteiger partial charge in [0.25, 0.3) is 11.7 Å². The zero-order valence-corrected chi connectivity index (χ0v) is 11.6. The smallest absolute Gasteiger partial charge is 0.296 e. The van der Waals surface area contributed by atoms with Crippen LogP contribution in [-0.2, 0) is 18.4 Å². The number of rotatable bonds is 2. The van der Waals surface area contributed by atoms with Gasteiger partial charge in [0.1, 0.15) is 12.2 Å². The minimum absolute atomic E-state index is 0.219. The molecule has 0 saturated carbocycles. The van der Waals surface area contributed by atoms with E-state index in [2.05, 4.69) is 26.0 Å². The summed E-state index contributed by atoms with van der Waals surface area (Å²) in [5.74, 6) is -0.409. The van der Waals surface area contributed by atoms with Gasteiger partial charge in [0, 0.05) is 11.5 Å². The molecule has 19 heavy (non-hydrogen) atoms. The van der Waals surface area contributed by atoms with E-state index in [0.717, 1.165) is 0 Å². The maximum Gasteiger partial charge on any atom is 0.299 e. The standard InChI is InChI=1S/C12H9BrN4O2/c1-16-9(14-6-15-16)5-17-10-7(11(18)12(17)19)3-2-4-8(10)13/h2-4,6H,5H2,1H3. The molecule has 3 rings (SSSR count). The van der Waals surface area contributed by atoms with Gasteiger partial charge in [0.05, 0.1) is 17.8 Å². The molecule has 0 unspecified atom stereocenters. The summed E-state index contributed by atoms with van der Waals surface area (Å²) in [5.41, 5.74) is 1.02. The molecule has 1 amide bonds. The van der Waals surface area contributed by atoms with Crippen molar-refractivity contribution in [2.75, 3.05) is 4.90 Å². The average molecular weight is 321 g/mol. The minimum atomic E-state index is -0.537. The predicted octanol–water partition coefficient (Wildman–Crippen LogP) is 1.31. The lowest BCUT2D eigenvalue weighted by Gasteiger charge is -2.16. The fourth-order valence-corrected chi connectivity index (χ4v) is 2.65. The number of benzene rings is 1. The average Bonchev–Trinajstić information content (AvgIpc) is 2.89. The highest BCUT2D eigenvalue weighted by Crippen LogP contribution is 2.36. The summed E-state index contributed by atoms with van der Waals surface area (Å²) in [6.07, 6.45) is 1.42. The van der Waals surface area contributed by atoms with Gasteiger partial charge in [-0.25, -0.2) is 4.98 Å². The number of aryl methyl sites for hydroxylation is 1. The lowest BCUT2D eigenvalue weighted by molar-refractivity contribution is -0.114. The molecule has 2 aromatic rings. The third-order valence-electron chi connectivity index (χ3n) is 3.05. The van der Waals surface area contributed by atoms with Crippen molar-refractivity contribution in [1.82, 2.24) is 14.8 Å². The Morgan fingerprint density at radius 2 is 2.11 bits per heavy atom. The molecule has 1 aliphatic rings. The fourth-order valence-electron chi connectivity index (χ4n) is 2.07. The number of carbonyl (C=O) groups is 2. The van der Waals surface area contributed by atoms with Crippen LogP contribution >= 0.6 is 15.9 Å². The summed E-state index contributed by atoms with van der Waals surface area (Å²) in [6, 6.07) is 5.19. The SMILES string of the molecule is Cn1ncnc1CN1C(=O)C(=O)c2cccc(Br)c21. The van der Waals surface area contributed by atoms with Gasteiger partial charge in [-0.3, -0.25) is 19.2 Å². The van der Waals surface area contributed by atoms with Gasteiger partial charge in [0.2, 0.25) is 0 Å². The summed E-state index contributed by atoms with van der Waals surface area (Å²) < 4.78 is 2.29. The van der Waals surface area contributed by atoms with Crippen molar-refractivity contribution in [3.05, 3.63) is 40.4 Å². The van der Waals surface area contributed by atoms with Gasteiger partial charge < -0.3 is 0 Å². The van der Waals surface area contributed by atoms with Crippen LogP contribution in [0.5, 0.6) is 0 Å². The van der Waals surface area contributed by atoms with E-state index in [0.29, 0.717) is 21.5 Å². The predicted molar refractivity (Wildman–Crippen MR) is 70.7 cm³/mol. The number of carbonyl (C=O) groups excluding carboxylic acids is 2. The van der Waals surface area contributed by atoms with Gasteiger partial charge in [-0.1, -0.05) is 6.07 Å². The molecule has 96 valence electrons. The normalized spacial score (nSPS) is 14.1. The van der Waals surface area contributed by atoms with Crippen molar-refractivity contribution in [3.8, 4) is 0 Å². The van der Waals surface area contributed by atoms with Gasteiger partial charge >= 0.3 is 0 Å². The van der Waals surface area contributed by atoms with E-state index in [9.17, 15) is 9.59 Å². The molecule has 0 N–H and O–H groups in total. The highest BCUT2D eigenvalue weighted by Gasteiger charge is 2.37. The van der Waals surface area contributed by atoms with Crippen LogP contribution < -0.4 is 4.90 Å². The molecule has 1 aromatic carbocycles. The number of hydrogen-bond donors (Lipinski definition) is 0. The second-order valence-electron chi connectivity index (χ2n) is 4.16. The topological polar surface area (TPSA) is 68.1 Å². The van der Waals surface area contributed by atoms with Crippen LogP contribution in [0, 0.1) is 0 Å². The number of anilines is 1. The van der Waals surface area contributed by atoms with Crippen molar-refractivity contribution in [1.29, 1.82) is 0 Å². The Balaban J connectivity index is 2.07. The Bertz CT molecular complexity index is 695. The lowest BCUT2D eigenvalue weighted by atomic mass is 10.1. The Labute approximate surface area is 117 Å². The zero-order chi connectivity index (χ0) is 13.6. The van der Waals surface area contributed by atoms with E-state index in [4.69, 9.17) is 0 Å². The molecule has 1 aliphatic heterocycles. The number of amides is 1. The number of aromatic nitrogens is 3. The number of para-hydroxylation sites is 1. The van der Waals surface area contributed by atoms with Crippen LogP contribution in [0.1, 0.15) is 16.2 Å². The van der Waals surface area contributed by atoms with Crippen molar-refractivity contribution in [2.24, 2.45) is 7.05 Å². The molecule has 0 fully saturated rings. The van der Waals surface area contributed by atoms with E-state index in [1.807, 2.05) is 0 Å². The van der Waals surface area contributed by atoms with Gasteiger partial charge in [-0.15, -0.1) is 0 Å². The molecule has 0 bridgehead atoms. The molecule has 0 radical (unpaired) electrons. The molecule has 0 atom stereocenters. The van der Waals surface area contributed by atoms with Crippen LogP contribution in [0.2, 0.25) is 0 Å². The third-order valence-corrected chi connectivity index (χ3v) is 3.69. The Morgan fingerprint density at radius 1 is 1.32 bits per heavy atom. The summed E-state index contributed by atoms with van der Waals surface area (Å²) in [5, 5.41) is 3.95. The molecule has 6 nitrogen and oxygen atoms in total. The van der Waals surface area contributed by atoms with Crippen LogP contribution in [0.25, 0.3) is 0 Å². The quantitative estimate of drug-likeness (QED) is 0.782. The third kappa shape index (κ3) is 1.77. The van der Waals surface area contributed by atoms with Crippen molar-refractivity contribution >= 4 is 33.3 Å². The summed E-state index contributed by atoms with van der Waals surface area (Å²) in [7, 11) is 1.74. The minimum Gasteiger partial charge on any atom is -0.296 e. The molecule has 0 spiro atoms. The van der Waals surface area contributed by atoms with E-state index in [1.165, 1.54) is 11.2 Å². The van der Waals surface area contributed by atoms with E-state index >= 15 is 0 Å². The molecular weight excluding hydrogens is 312 g/mol. The zero-order valence-electron chi connectivity index (χ0n) is 10.00. The molecule has 1 aromatic heterocycles. The molecule has 0 aliphatic carbocycles. The first-order chi connectivity index (χ1) is 9.09. The van der Waals surface area contributed by atoms with Gasteiger partial charge in [-0.2, -0.15) is 5.10 Å². The molecule has 0 saturated heterocycles. The number of halogens is 1. The van der Waals surface area contributed by atoms with Gasteiger partial charge in [0.15, 0.2) is 0 Å². The highest BCUT2D eigenvalue weighted by atomic mass is 79.9. The second-order valence-corrected chi connectivity index (χ2v) is 5.01. The monoisotopic (exact) mass is 320 g/mol. The Kier molecular flexibility index (Phi) is 2.70. The number of ketones is 1. The summed E-state index contributed by atoms with van der Waals surface area (Å²) in [4.78, 5) is 29.5. The van der Waals surface area contributed by atoms with Crippen molar-refractivity contribution in [3.63, 3.8) is 0 Å². The van der Waals surface area contributed by atoms with Gasteiger partial charge in [-0.05, 0) is 28.1 Å². The molecule has 2 heterocycles. The van der Waals surface area contributed by atoms with Crippen LogP contribution in [0.15, 0.2) is 29.0 Å². The second kappa shape index (κ2) is 4.27. The van der Waals surface area contributed by atoms with Crippen LogP contribution in [-0.4, -0.2) is 26.5 Å². The largest absolute Gasteiger partial charge is 0.299 e. The lowest BCUT2D eigenvalue weighted by Crippen LogP contribution is -2.30. The molecular formula is C12H9BrN4O2. The first kappa shape index (κ1) is 12.0. The number of Topliss-reactive ketones (excluding diaryl/α,β-unsaturated/α-hetero) is 1. The van der Waals surface area contributed by atoms with E-state index < -0.39 is 11.7 Å². The van der Waals surface area contributed by atoms with Crippen molar-refractivity contribution in [2.45, 2.75) is 6.54 Å².